The summed E-state index contributed by atoms with van der Waals surface area (Å²) in [7, 11) is 1.87. The van der Waals surface area contributed by atoms with Crippen molar-refractivity contribution in [3.63, 3.8) is 0 Å². The number of pyridine rings is 2. The molecule has 324 valence electrons. The fourth-order valence-corrected chi connectivity index (χ4v) is 10.7. The lowest BCUT2D eigenvalue weighted by Gasteiger charge is -2.45. The smallest absolute Gasteiger partial charge is 0.258 e. The van der Waals surface area contributed by atoms with Crippen molar-refractivity contribution in [1.29, 1.82) is 0 Å². The quantitative estimate of drug-likeness (QED) is 0.221. The van der Waals surface area contributed by atoms with Gasteiger partial charge in [-0.05, 0) is 107 Å². The number of ether oxygens (including phenoxy) is 1. The van der Waals surface area contributed by atoms with Crippen molar-refractivity contribution < 1.29 is 23.5 Å². The van der Waals surface area contributed by atoms with E-state index in [0.29, 0.717) is 73.0 Å². The van der Waals surface area contributed by atoms with Crippen molar-refractivity contribution in [1.82, 2.24) is 39.5 Å². The molecule has 16 heteroatoms. The van der Waals surface area contributed by atoms with Crippen LogP contribution in [0.5, 0.6) is 5.88 Å². The molecule has 1 unspecified atom stereocenters. The Balaban J connectivity index is 0.837. The van der Waals surface area contributed by atoms with Gasteiger partial charge in [0.25, 0.3) is 5.91 Å². The Kier molecular flexibility index (Phi) is 10.4. The van der Waals surface area contributed by atoms with Crippen LogP contribution in [0.1, 0.15) is 77.4 Å². The number of hydrogen-bond acceptors (Lipinski definition) is 11. The van der Waals surface area contributed by atoms with Crippen LogP contribution in [0.15, 0.2) is 42.6 Å². The van der Waals surface area contributed by atoms with E-state index in [0.717, 1.165) is 96.9 Å². The first-order valence-electron chi connectivity index (χ1n) is 22.1. The van der Waals surface area contributed by atoms with Crippen LogP contribution in [-0.4, -0.2) is 110 Å². The third-order valence-electron chi connectivity index (χ3n) is 13.8. The van der Waals surface area contributed by atoms with Crippen molar-refractivity contribution in [2.24, 2.45) is 18.9 Å². The van der Waals surface area contributed by atoms with Gasteiger partial charge in [0, 0.05) is 75.7 Å². The van der Waals surface area contributed by atoms with E-state index in [4.69, 9.17) is 19.7 Å². The zero-order chi connectivity index (χ0) is 42.8. The Morgan fingerprint density at radius 1 is 0.839 bits per heavy atom. The number of aryl methyl sites for hydroxylation is 4. The second-order valence-electron chi connectivity index (χ2n) is 18.0. The molecule has 5 atom stereocenters. The summed E-state index contributed by atoms with van der Waals surface area (Å²) < 4.78 is 26.6. The molecule has 4 fully saturated rings. The molecule has 10 rings (SSSR count). The van der Waals surface area contributed by atoms with Crippen LogP contribution in [0, 0.1) is 32.6 Å². The number of piperazine rings is 1. The molecule has 1 aliphatic carbocycles. The van der Waals surface area contributed by atoms with Crippen LogP contribution >= 0.6 is 0 Å². The first kappa shape index (κ1) is 40.2. The number of carbonyl (C=O) groups is 3. The SMILES string of the molecule is Cc1cc2cc(n1)-c1cnn(C)c1OC[C@H]1CC[C@H](C1)Cn1c(nc3ccc(N4CCN([C@@H]5CCN(c6c(C)cc(C7CCC(=O)NC7=O)nc6C)C[C@@H]5F)CC4)cc31)NC2=O. The highest BCUT2D eigenvalue weighted by Gasteiger charge is 2.37. The summed E-state index contributed by atoms with van der Waals surface area (Å²) in [6.07, 6.45) is 5.29. The van der Waals surface area contributed by atoms with Gasteiger partial charge in [-0.3, -0.25) is 39.9 Å². The number of halogens is 1. The van der Waals surface area contributed by atoms with Crippen molar-refractivity contribution in [3.8, 4) is 17.1 Å². The third-order valence-corrected chi connectivity index (χ3v) is 13.8. The lowest BCUT2D eigenvalue weighted by molar-refractivity contribution is -0.134. The molecule has 4 aliphatic heterocycles. The van der Waals surface area contributed by atoms with Gasteiger partial charge in [0.1, 0.15) is 6.17 Å². The first-order chi connectivity index (χ1) is 29.9. The highest BCUT2D eigenvalue weighted by molar-refractivity contribution is 6.05. The van der Waals surface area contributed by atoms with E-state index in [1.54, 1.807) is 23.0 Å². The van der Waals surface area contributed by atoms with E-state index in [1.807, 2.05) is 33.9 Å². The normalized spacial score (nSPS) is 24.8. The molecule has 4 aromatic heterocycles. The van der Waals surface area contributed by atoms with Crippen molar-refractivity contribution >= 4 is 46.1 Å². The fraction of sp³-hybridized carbons (Fsp3) is 0.500. The van der Waals surface area contributed by atoms with Crippen molar-refractivity contribution in [2.45, 2.75) is 84.0 Å². The summed E-state index contributed by atoms with van der Waals surface area (Å²) in [5.41, 5.74) is 8.85. The van der Waals surface area contributed by atoms with Gasteiger partial charge in [-0.2, -0.15) is 5.10 Å². The number of alkyl halides is 1. The molecular weight excluding hydrogens is 790 g/mol. The van der Waals surface area contributed by atoms with Gasteiger partial charge in [-0.15, -0.1) is 0 Å². The van der Waals surface area contributed by atoms with E-state index in [1.165, 1.54) is 0 Å². The number of imide groups is 1. The molecule has 8 heterocycles. The summed E-state index contributed by atoms with van der Waals surface area (Å²) in [5.74, 6) is 0.727. The molecular formula is C46H54FN11O4. The van der Waals surface area contributed by atoms with Crippen LogP contribution in [0.25, 0.3) is 22.3 Å². The molecule has 0 radical (unpaired) electrons. The number of fused-ring (bicyclic) bond motifs is 9. The maximum Gasteiger partial charge on any atom is 0.258 e. The minimum absolute atomic E-state index is 0.170. The first-order valence-corrected chi connectivity index (χ1v) is 22.1. The molecule has 1 aromatic carbocycles. The zero-order valence-electron chi connectivity index (χ0n) is 35.9. The predicted molar refractivity (Wildman–Crippen MR) is 233 cm³/mol. The summed E-state index contributed by atoms with van der Waals surface area (Å²) >= 11 is 0. The van der Waals surface area contributed by atoms with Crippen LogP contribution in [0.3, 0.4) is 0 Å². The van der Waals surface area contributed by atoms with Gasteiger partial charge >= 0.3 is 0 Å². The molecule has 5 aliphatic rings. The van der Waals surface area contributed by atoms with E-state index < -0.39 is 12.1 Å². The Bertz CT molecular complexity index is 2560. The minimum Gasteiger partial charge on any atom is -0.477 e. The lowest BCUT2D eigenvalue weighted by atomic mass is 9.92. The molecule has 62 heavy (non-hydrogen) atoms. The highest BCUT2D eigenvalue weighted by Crippen LogP contribution is 2.38. The van der Waals surface area contributed by atoms with Gasteiger partial charge in [-0.1, -0.05) is 0 Å². The minimum atomic E-state index is -1.03. The summed E-state index contributed by atoms with van der Waals surface area (Å²) in [6.45, 7) is 11.2. The summed E-state index contributed by atoms with van der Waals surface area (Å²) in [5, 5.41) is 10.1. The van der Waals surface area contributed by atoms with Crippen LogP contribution < -0.4 is 25.2 Å². The second-order valence-corrected chi connectivity index (χ2v) is 18.0. The molecule has 3 amide bonds. The van der Waals surface area contributed by atoms with Crippen molar-refractivity contribution in [3.05, 3.63) is 70.8 Å². The average molecular weight is 844 g/mol. The summed E-state index contributed by atoms with van der Waals surface area (Å²) in [4.78, 5) is 59.6. The molecule has 0 spiro atoms. The number of anilines is 3. The number of nitrogens with zero attached hydrogens (tertiary/aromatic N) is 9. The van der Waals surface area contributed by atoms with Gasteiger partial charge in [0.05, 0.1) is 64.6 Å². The van der Waals surface area contributed by atoms with E-state index in [-0.39, 0.29) is 30.3 Å². The van der Waals surface area contributed by atoms with Crippen LogP contribution in [0.2, 0.25) is 0 Å². The zero-order valence-corrected chi connectivity index (χ0v) is 35.9. The molecule has 4 bridgehead atoms. The molecule has 15 nitrogen and oxygen atoms in total. The van der Waals surface area contributed by atoms with E-state index >= 15 is 4.39 Å². The molecule has 2 N–H and O–H groups in total. The number of rotatable bonds is 4. The number of nitrogens with one attached hydrogen (secondary N) is 2. The molecule has 1 saturated carbocycles. The van der Waals surface area contributed by atoms with Crippen LogP contribution in [0.4, 0.5) is 21.7 Å². The monoisotopic (exact) mass is 843 g/mol. The highest BCUT2D eigenvalue weighted by atomic mass is 19.1. The standard InChI is InChI=1S/C46H54FN11O4/c1-26-17-37(33-8-10-41(59)52-44(33)61)50-28(3)42(26)57-12-11-39(35(47)24-57)56-15-13-55(14-16-56)32-7-9-36-40(21-32)58-23-29-5-6-30(19-29)25-62-45-34(22-48-54(45)4)38-20-31(18-27(2)49-38)43(60)53-46(58)51-36/h7,9,17-18,20-22,29-30,33,35,39H,5-6,8,10-16,19,23-25H2,1-4H3,(H,51,53,60)(H,52,59,61)/t29-,30+,33?,35+,39-/m1/s1. The third kappa shape index (κ3) is 7.55. The number of piperidine rings is 2. The number of imidazole rings is 1. The van der Waals surface area contributed by atoms with Crippen molar-refractivity contribution in [2.75, 3.05) is 61.0 Å². The fourth-order valence-electron chi connectivity index (χ4n) is 10.7. The second kappa shape index (κ2) is 16.1. The van der Waals surface area contributed by atoms with Gasteiger partial charge in [0.2, 0.25) is 23.6 Å². The largest absolute Gasteiger partial charge is 0.477 e. The Labute approximate surface area is 360 Å². The summed E-state index contributed by atoms with van der Waals surface area (Å²) in [6, 6.07) is 11.7. The lowest BCUT2D eigenvalue weighted by Crippen LogP contribution is -2.58. The van der Waals surface area contributed by atoms with Gasteiger partial charge in [-0.25, -0.2) is 14.1 Å². The number of carbonyl (C=O) groups excluding carboxylic acids is 3. The average Bonchev–Trinajstić information content (AvgIpc) is 3.95. The Hall–Kier alpha value is -5.90. The topological polar surface area (TPSA) is 156 Å². The number of hydrogen-bond donors (Lipinski definition) is 2. The molecule has 3 saturated heterocycles. The predicted octanol–water partition coefficient (Wildman–Crippen LogP) is 5.47. The molecule has 5 aromatic rings. The number of aromatic nitrogens is 6. The van der Waals surface area contributed by atoms with E-state index in [9.17, 15) is 14.4 Å². The maximum absolute atomic E-state index is 16.2. The Morgan fingerprint density at radius 2 is 1.66 bits per heavy atom. The number of benzene rings is 1. The Morgan fingerprint density at radius 3 is 2.45 bits per heavy atom. The van der Waals surface area contributed by atoms with E-state index in [2.05, 4.69) is 53.2 Å². The van der Waals surface area contributed by atoms with Gasteiger partial charge < -0.3 is 19.1 Å². The number of amides is 3. The van der Waals surface area contributed by atoms with Gasteiger partial charge in [0.15, 0.2) is 0 Å². The van der Waals surface area contributed by atoms with Crippen LogP contribution in [-0.2, 0) is 23.2 Å². The maximum atomic E-state index is 16.2.